The Hall–Kier alpha value is -2.73. The van der Waals surface area contributed by atoms with Crippen molar-refractivity contribution >= 4 is 33.4 Å². The Morgan fingerprint density at radius 1 is 1.14 bits per heavy atom. The van der Waals surface area contributed by atoms with E-state index in [2.05, 4.69) is 11.4 Å². The minimum atomic E-state index is -0.320. The number of nitrogens with zero attached hydrogens (tertiary/aromatic N) is 2. The molecule has 2 aromatic carbocycles. The van der Waals surface area contributed by atoms with Crippen molar-refractivity contribution in [3.05, 3.63) is 65.2 Å². The zero-order chi connectivity index (χ0) is 20.2. The van der Waals surface area contributed by atoms with Crippen LogP contribution in [-0.4, -0.2) is 28.2 Å². The Labute approximate surface area is 174 Å². The molecule has 2 amide bonds. The predicted octanol–water partition coefficient (Wildman–Crippen LogP) is 4.62. The molecule has 1 aliphatic heterocycles. The minimum Gasteiger partial charge on any atom is -0.349 e. The van der Waals surface area contributed by atoms with Crippen molar-refractivity contribution in [2.45, 2.75) is 44.7 Å². The highest BCUT2D eigenvalue weighted by molar-refractivity contribution is 7.18. The fourth-order valence-electron chi connectivity index (χ4n) is 3.99. The molecule has 2 unspecified atom stereocenters. The van der Waals surface area contributed by atoms with Crippen LogP contribution in [0, 0.1) is 0 Å². The van der Waals surface area contributed by atoms with Crippen LogP contribution in [0.15, 0.2) is 54.6 Å². The summed E-state index contributed by atoms with van der Waals surface area (Å²) in [7, 11) is 0. The average Bonchev–Trinajstić information content (AvgIpc) is 3.18. The lowest BCUT2D eigenvalue weighted by atomic mass is 9.99. The molecule has 1 N–H and O–H groups in total. The largest absolute Gasteiger partial charge is 0.349 e. The van der Waals surface area contributed by atoms with Gasteiger partial charge in [0.15, 0.2) is 0 Å². The van der Waals surface area contributed by atoms with Crippen molar-refractivity contribution in [2.75, 3.05) is 6.54 Å². The summed E-state index contributed by atoms with van der Waals surface area (Å²) in [6, 6.07) is 17.5. The fourth-order valence-corrected chi connectivity index (χ4v) is 5.11. The molecular weight excluding hydrogens is 382 g/mol. The van der Waals surface area contributed by atoms with Crippen molar-refractivity contribution in [3.8, 4) is 0 Å². The Balaban J connectivity index is 1.56. The zero-order valence-corrected chi connectivity index (χ0v) is 17.3. The molecule has 1 fully saturated rings. The van der Waals surface area contributed by atoms with Gasteiger partial charge >= 0.3 is 0 Å². The van der Waals surface area contributed by atoms with Crippen molar-refractivity contribution in [1.82, 2.24) is 15.2 Å². The van der Waals surface area contributed by atoms with Crippen molar-refractivity contribution in [2.24, 2.45) is 0 Å². The molecule has 29 heavy (non-hydrogen) atoms. The molecule has 3 aromatic rings. The SMILES string of the molecule is CC(=O)NC(CC(=O)N1CCCCC1c1nc2ccccc2s1)c1ccccc1. The number of rotatable bonds is 5. The molecule has 150 valence electrons. The van der Waals surface area contributed by atoms with Crippen LogP contribution in [0.1, 0.15) is 55.3 Å². The van der Waals surface area contributed by atoms with E-state index in [1.54, 1.807) is 11.3 Å². The number of hydrogen-bond donors (Lipinski definition) is 1. The van der Waals surface area contributed by atoms with E-state index < -0.39 is 0 Å². The Kier molecular flexibility index (Phi) is 5.90. The summed E-state index contributed by atoms with van der Waals surface area (Å²) in [5, 5.41) is 3.95. The van der Waals surface area contributed by atoms with Gasteiger partial charge in [-0.25, -0.2) is 4.98 Å². The maximum atomic E-state index is 13.3. The van der Waals surface area contributed by atoms with E-state index in [0.717, 1.165) is 46.6 Å². The number of fused-ring (bicyclic) bond motifs is 1. The number of likely N-dealkylation sites (tertiary alicyclic amines) is 1. The lowest BCUT2D eigenvalue weighted by Gasteiger charge is -2.35. The second kappa shape index (κ2) is 8.74. The van der Waals surface area contributed by atoms with Gasteiger partial charge in [-0.3, -0.25) is 9.59 Å². The molecular formula is C23H25N3O2S. The van der Waals surface area contributed by atoms with Gasteiger partial charge in [0.25, 0.3) is 0 Å². The van der Waals surface area contributed by atoms with Crippen LogP contribution in [0.2, 0.25) is 0 Å². The third-order valence-corrected chi connectivity index (χ3v) is 6.51. The van der Waals surface area contributed by atoms with Gasteiger partial charge in [0, 0.05) is 13.5 Å². The molecule has 5 nitrogen and oxygen atoms in total. The highest BCUT2D eigenvalue weighted by atomic mass is 32.1. The van der Waals surface area contributed by atoms with Crippen LogP contribution in [-0.2, 0) is 9.59 Å². The number of piperidine rings is 1. The fraction of sp³-hybridized carbons (Fsp3) is 0.348. The first-order valence-electron chi connectivity index (χ1n) is 10.1. The second-order valence-electron chi connectivity index (χ2n) is 7.49. The lowest BCUT2D eigenvalue weighted by molar-refractivity contribution is -0.135. The van der Waals surface area contributed by atoms with E-state index >= 15 is 0 Å². The Morgan fingerprint density at radius 3 is 2.66 bits per heavy atom. The van der Waals surface area contributed by atoms with E-state index in [9.17, 15) is 9.59 Å². The van der Waals surface area contributed by atoms with E-state index in [1.807, 2.05) is 53.4 Å². The van der Waals surface area contributed by atoms with Crippen LogP contribution in [0.4, 0.5) is 0 Å². The van der Waals surface area contributed by atoms with E-state index in [1.165, 1.54) is 6.92 Å². The van der Waals surface area contributed by atoms with Gasteiger partial charge in [-0.1, -0.05) is 42.5 Å². The topological polar surface area (TPSA) is 62.3 Å². The molecule has 1 aliphatic rings. The number of aromatic nitrogens is 1. The number of carbonyl (C=O) groups excluding carboxylic acids is 2. The monoisotopic (exact) mass is 407 g/mol. The third kappa shape index (κ3) is 4.48. The number of benzene rings is 2. The van der Waals surface area contributed by atoms with Crippen LogP contribution in [0.5, 0.6) is 0 Å². The molecule has 1 aromatic heterocycles. The molecule has 4 rings (SSSR count). The third-order valence-electron chi connectivity index (χ3n) is 5.38. The molecule has 2 atom stereocenters. The van der Waals surface area contributed by atoms with Gasteiger partial charge in [-0.05, 0) is 37.0 Å². The molecule has 0 bridgehead atoms. The van der Waals surface area contributed by atoms with Crippen LogP contribution < -0.4 is 5.32 Å². The number of nitrogens with one attached hydrogen (secondary N) is 1. The molecule has 0 radical (unpaired) electrons. The molecule has 2 heterocycles. The molecule has 0 saturated carbocycles. The first-order chi connectivity index (χ1) is 14.1. The van der Waals surface area contributed by atoms with Crippen LogP contribution in [0.3, 0.4) is 0 Å². The summed E-state index contributed by atoms with van der Waals surface area (Å²) >= 11 is 1.68. The Bertz CT molecular complexity index is 969. The number of carbonyl (C=O) groups is 2. The Morgan fingerprint density at radius 2 is 1.90 bits per heavy atom. The molecule has 6 heteroatoms. The van der Waals surface area contributed by atoms with Gasteiger partial charge in [0.2, 0.25) is 11.8 Å². The van der Waals surface area contributed by atoms with Gasteiger partial charge in [-0.2, -0.15) is 0 Å². The first-order valence-corrected chi connectivity index (χ1v) is 10.9. The van der Waals surface area contributed by atoms with Crippen molar-refractivity contribution < 1.29 is 9.59 Å². The number of thiazole rings is 1. The molecule has 0 aliphatic carbocycles. The van der Waals surface area contributed by atoms with Crippen molar-refractivity contribution in [1.29, 1.82) is 0 Å². The molecule has 1 saturated heterocycles. The summed E-state index contributed by atoms with van der Waals surface area (Å²) in [6.45, 7) is 2.23. The lowest BCUT2D eigenvalue weighted by Crippen LogP contribution is -2.40. The summed E-state index contributed by atoms with van der Waals surface area (Å²) in [4.78, 5) is 31.8. The normalized spacial score (nSPS) is 17.8. The number of para-hydroxylation sites is 1. The minimum absolute atomic E-state index is 0.0161. The van der Waals surface area contributed by atoms with Crippen molar-refractivity contribution in [3.63, 3.8) is 0 Å². The van der Waals surface area contributed by atoms with Gasteiger partial charge in [-0.15, -0.1) is 11.3 Å². The standard InChI is InChI=1S/C23H25N3O2S/c1-16(27)24-19(17-9-3-2-4-10-17)15-22(28)26-14-8-7-12-20(26)23-25-18-11-5-6-13-21(18)29-23/h2-6,9-11,13,19-20H,7-8,12,14-15H2,1H3,(H,24,27). The van der Waals surface area contributed by atoms with Crippen LogP contribution >= 0.6 is 11.3 Å². The first kappa shape index (κ1) is 19.6. The van der Waals surface area contributed by atoms with Crippen LogP contribution in [0.25, 0.3) is 10.2 Å². The summed E-state index contributed by atoms with van der Waals surface area (Å²) in [6.07, 6.45) is 3.29. The molecule has 0 spiro atoms. The van der Waals surface area contributed by atoms with E-state index in [4.69, 9.17) is 4.98 Å². The zero-order valence-electron chi connectivity index (χ0n) is 16.5. The smallest absolute Gasteiger partial charge is 0.225 e. The van der Waals surface area contributed by atoms with Gasteiger partial charge < -0.3 is 10.2 Å². The summed E-state index contributed by atoms with van der Waals surface area (Å²) in [5.41, 5.74) is 1.94. The maximum Gasteiger partial charge on any atom is 0.225 e. The van der Waals surface area contributed by atoms with E-state index in [-0.39, 0.29) is 30.3 Å². The van der Waals surface area contributed by atoms with Gasteiger partial charge in [0.05, 0.1) is 28.7 Å². The highest BCUT2D eigenvalue weighted by Crippen LogP contribution is 2.36. The highest BCUT2D eigenvalue weighted by Gasteiger charge is 2.31. The number of hydrogen-bond acceptors (Lipinski definition) is 4. The summed E-state index contributed by atoms with van der Waals surface area (Å²) in [5.74, 6) is -0.0652. The van der Waals surface area contributed by atoms with Gasteiger partial charge in [0.1, 0.15) is 5.01 Å². The maximum absolute atomic E-state index is 13.3. The van der Waals surface area contributed by atoms with E-state index in [0.29, 0.717) is 0 Å². The average molecular weight is 408 g/mol. The predicted molar refractivity (Wildman–Crippen MR) is 116 cm³/mol. The quantitative estimate of drug-likeness (QED) is 0.671. The second-order valence-corrected chi connectivity index (χ2v) is 8.55. The summed E-state index contributed by atoms with van der Waals surface area (Å²) < 4.78 is 1.15. The number of amides is 2.